The number of hydrogen-bond donors (Lipinski definition) is 2. The third-order valence-electron chi connectivity index (χ3n) is 7.42. The Bertz CT molecular complexity index is 1360. The number of nitrogens with zero attached hydrogens (tertiary/aromatic N) is 2. The Kier molecular flexibility index (Phi) is 7.03. The van der Waals surface area contributed by atoms with Gasteiger partial charge in [0.25, 0.3) is 5.91 Å². The fourth-order valence-corrected chi connectivity index (χ4v) is 5.71. The Hall–Kier alpha value is -3.26. The topological polar surface area (TPSA) is 81.1 Å². The second kappa shape index (κ2) is 10.2. The van der Waals surface area contributed by atoms with Crippen LogP contribution in [0.5, 0.6) is 0 Å². The lowest BCUT2D eigenvalue weighted by atomic mass is 9.83. The van der Waals surface area contributed by atoms with Crippen LogP contribution in [0.4, 0.5) is 11.4 Å². The molecule has 6 nitrogen and oxygen atoms in total. The highest BCUT2D eigenvalue weighted by Gasteiger charge is 2.53. The van der Waals surface area contributed by atoms with Crippen LogP contribution in [0.1, 0.15) is 30.0 Å². The second-order valence-electron chi connectivity index (χ2n) is 9.66. The Morgan fingerprint density at radius 2 is 1.81 bits per heavy atom. The van der Waals surface area contributed by atoms with Gasteiger partial charge in [-0.15, -0.1) is 0 Å². The van der Waals surface area contributed by atoms with Crippen LogP contribution in [-0.4, -0.2) is 39.6 Å². The number of carbonyl (C=O) groups excluding carboxylic acids is 2. The van der Waals surface area contributed by atoms with E-state index in [0.717, 1.165) is 15.6 Å². The van der Waals surface area contributed by atoms with Crippen LogP contribution in [0.2, 0.25) is 0 Å². The molecule has 0 saturated heterocycles. The molecular weight excluding hydrogens is 532 g/mol. The van der Waals surface area contributed by atoms with Gasteiger partial charge < -0.3 is 15.1 Å². The summed E-state index contributed by atoms with van der Waals surface area (Å²) in [5.74, 6) is -1.12. The van der Waals surface area contributed by atoms with Crippen LogP contribution in [0.3, 0.4) is 0 Å². The summed E-state index contributed by atoms with van der Waals surface area (Å²) in [5, 5.41) is 21.7. The van der Waals surface area contributed by atoms with Crippen molar-refractivity contribution in [3.63, 3.8) is 0 Å². The summed E-state index contributed by atoms with van der Waals surface area (Å²) in [6, 6.07) is 22.4. The summed E-state index contributed by atoms with van der Waals surface area (Å²) >= 11 is 3.47. The molecule has 0 bridgehead atoms. The largest absolute Gasteiger partial charge is 0.394 e. The van der Waals surface area contributed by atoms with Gasteiger partial charge in [-0.05, 0) is 47.9 Å². The molecule has 0 aliphatic carbocycles. The van der Waals surface area contributed by atoms with Gasteiger partial charge in [0, 0.05) is 34.6 Å². The van der Waals surface area contributed by atoms with Crippen LogP contribution in [0.25, 0.3) is 0 Å². The van der Waals surface area contributed by atoms with Crippen LogP contribution in [0, 0.1) is 5.92 Å². The number of anilines is 2. The predicted octanol–water partition coefficient (Wildman–Crippen LogP) is 4.84. The Labute approximate surface area is 225 Å². The number of carbonyl (C=O) groups is 2. The van der Waals surface area contributed by atoms with E-state index in [0.29, 0.717) is 29.9 Å². The molecule has 2 N–H and O–H groups in total. The SMILES string of the molecule is C[C@@H](/C=C/CC(=O)N1Cc2ccccc2C[C@H]1CO)[C@]1(O)C(=O)N(c2ccccc2)c2ccc(Br)cc21. The highest BCUT2D eigenvalue weighted by atomic mass is 79.9. The van der Waals surface area contributed by atoms with Crippen LogP contribution < -0.4 is 4.90 Å². The molecule has 0 radical (unpaired) electrons. The Morgan fingerprint density at radius 3 is 2.54 bits per heavy atom. The first-order valence-corrected chi connectivity index (χ1v) is 13.2. The van der Waals surface area contributed by atoms with Gasteiger partial charge in [-0.2, -0.15) is 0 Å². The quantitative estimate of drug-likeness (QED) is 0.422. The van der Waals surface area contributed by atoms with E-state index in [1.54, 1.807) is 34.9 Å². The number of fused-ring (bicyclic) bond motifs is 2. The third kappa shape index (κ3) is 4.52. The minimum atomic E-state index is -1.79. The first kappa shape index (κ1) is 25.4. The molecule has 2 heterocycles. The highest BCUT2D eigenvalue weighted by Crippen LogP contribution is 2.49. The van der Waals surface area contributed by atoms with Gasteiger partial charge in [0.1, 0.15) is 0 Å². The smallest absolute Gasteiger partial charge is 0.268 e. The minimum absolute atomic E-state index is 0.101. The second-order valence-corrected chi connectivity index (χ2v) is 10.6. The van der Waals surface area contributed by atoms with E-state index >= 15 is 0 Å². The summed E-state index contributed by atoms with van der Waals surface area (Å²) in [6.07, 6.45) is 4.19. The highest BCUT2D eigenvalue weighted by molar-refractivity contribution is 9.10. The van der Waals surface area contributed by atoms with Gasteiger partial charge >= 0.3 is 0 Å². The number of aliphatic hydroxyl groups is 2. The number of para-hydroxylation sites is 1. The molecule has 2 amide bonds. The van der Waals surface area contributed by atoms with E-state index in [2.05, 4.69) is 15.9 Å². The molecule has 190 valence electrons. The van der Waals surface area contributed by atoms with Gasteiger partial charge in [-0.3, -0.25) is 14.5 Å². The third-order valence-corrected chi connectivity index (χ3v) is 7.91. The minimum Gasteiger partial charge on any atom is -0.394 e. The van der Waals surface area contributed by atoms with Crippen molar-refractivity contribution in [1.29, 1.82) is 0 Å². The van der Waals surface area contributed by atoms with E-state index in [9.17, 15) is 19.8 Å². The molecule has 0 spiro atoms. The zero-order valence-electron chi connectivity index (χ0n) is 20.5. The summed E-state index contributed by atoms with van der Waals surface area (Å²) in [6.45, 7) is 2.14. The maximum atomic E-state index is 13.7. The van der Waals surface area contributed by atoms with E-state index < -0.39 is 17.4 Å². The van der Waals surface area contributed by atoms with Crippen molar-refractivity contribution in [3.8, 4) is 0 Å². The number of hydrogen-bond acceptors (Lipinski definition) is 4. The fourth-order valence-electron chi connectivity index (χ4n) is 5.35. The first-order valence-electron chi connectivity index (χ1n) is 12.4. The van der Waals surface area contributed by atoms with Gasteiger partial charge in [0.15, 0.2) is 5.60 Å². The summed E-state index contributed by atoms with van der Waals surface area (Å²) in [5.41, 5.74) is 2.30. The van der Waals surface area contributed by atoms with Crippen molar-refractivity contribution in [2.75, 3.05) is 11.5 Å². The molecule has 37 heavy (non-hydrogen) atoms. The van der Waals surface area contributed by atoms with Crippen molar-refractivity contribution in [1.82, 2.24) is 4.90 Å². The van der Waals surface area contributed by atoms with E-state index in [1.165, 1.54) is 0 Å². The summed E-state index contributed by atoms with van der Waals surface area (Å²) < 4.78 is 0.763. The number of rotatable bonds is 6. The van der Waals surface area contributed by atoms with Crippen LogP contribution in [0.15, 0.2) is 89.4 Å². The van der Waals surface area contributed by atoms with Gasteiger partial charge in [-0.25, -0.2) is 0 Å². The molecule has 0 aromatic heterocycles. The van der Waals surface area contributed by atoms with Gasteiger partial charge in [0.05, 0.1) is 18.3 Å². The van der Waals surface area contributed by atoms with E-state index in [4.69, 9.17) is 0 Å². The zero-order valence-corrected chi connectivity index (χ0v) is 22.1. The molecule has 3 aromatic carbocycles. The summed E-state index contributed by atoms with van der Waals surface area (Å²) in [7, 11) is 0. The lowest BCUT2D eigenvalue weighted by Crippen LogP contribution is -2.46. The standard InChI is InChI=1S/C30H29BrN2O4/c1-20(8-7-13-28(35)32-18-22-10-6-5-9-21(22)16-25(32)19-34)30(37)26-17-23(31)14-15-27(26)33(29(30)36)24-11-3-2-4-12-24/h2-12,14-15,17,20,25,34,37H,13,16,18-19H2,1H3/b8-7+/t20-,25-,30+/m0/s1. The number of amides is 2. The zero-order chi connectivity index (χ0) is 26.2. The van der Waals surface area contributed by atoms with Gasteiger partial charge in [0.2, 0.25) is 5.91 Å². The molecule has 5 rings (SSSR count). The lowest BCUT2D eigenvalue weighted by molar-refractivity contribution is -0.138. The normalized spacial score (nSPS) is 21.7. The van der Waals surface area contributed by atoms with E-state index in [1.807, 2.05) is 66.7 Å². The molecule has 7 heteroatoms. The monoisotopic (exact) mass is 560 g/mol. The molecule has 0 unspecified atom stereocenters. The molecule has 2 aliphatic heterocycles. The molecular formula is C30H29BrN2O4. The van der Waals surface area contributed by atoms with Crippen LogP contribution >= 0.6 is 15.9 Å². The molecule has 0 saturated carbocycles. The van der Waals surface area contributed by atoms with Crippen molar-refractivity contribution in [2.24, 2.45) is 5.92 Å². The fraction of sp³-hybridized carbons (Fsp3) is 0.267. The molecule has 3 aromatic rings. The lowest BCUT2D eigenvalue weighted by Gasteiger charge is -2.36. The maximum Gasteiger partial charge on any atom is 0.268 e. The molecule has 2 aliphatic rings. The van der Waals surface area contributed by atoms with Crippen molar-refractivity contribution in [3.05, 3.63) is 106 Å². The first-order chi connectivity index (χ1) is 17.8. The predicted molar refractivity (Wildman–Crippen MR) is 146 cm³/mol. The maximum absolute atomic E-state index is 13.7. The summed E-state index contributed by atoms with van der Waals surface area (Å²) in [4.78, 5) is 30.1. The number of benzene rings is 3. The average Bonchev–Trinajstić information content (AvgIpc) is 3.14. The van der Waals surface area contributed by atoms with E-state index in [-0.39, 0.29) is 25.0 Å². The Morgan fingerprint density at radius 1 is 1.11 bits per heavy atom. The van der Waals surface area contributed by atoms with Crippen LogP contribution in [-0.2, 0) is 28.2 Å². The van der Waals surface area contributed by atoms with Crippen molar-refractivity contribution < 1.29 is 19.8 Å². The molecule has 3 atom stereocenters. The van der Waals surface area contributed by atoms with Gasteiger partial charge in [-0.1, -0.05) is 77.5 Å². The molecule has 0 fully saturated rings. The van der Waals surface area contributed by atoms with Crippen molar-refractivity contribution >= 4 is 39.1 Å². The average molecular weight is 561 g/mol. The number of halogens is 1. The van der Waals surface area contributed by atoms with Crippen molar-refractivity contribution in [2.45, 2.75) is 38.0 Å². The Balaban J connectivity index is 1.37. The number of aliphatic hydroxyl groups excluding tert-OH is 1.